The van der Waals surface area contributed by atoms with Gasteiger partial charge in [-0.05, 0) is 18.3 Å². The molecule has 1 amide bonds. The first-order valence-electron chi connectivity index (χ1n) is 7.08. The van der Waals surface area contributed by atoms with E-state index in [4.69, 9.17) is 4.74 Å². The maximum Gasteiger partial charge on any atom is 0.241 e. The lowest BCUT2D eigenvalue weighted by atomic mass is 9.99. The van der Waals surface area contributed by atoms with Crippen LogP contribution in [-0.4, -0.2) is 43.3 Å². The Kier molecular flexibility index (Phi) is 6.09. The largest absolute Gasteiger partial charge is 0.385 e. The highest BCUT2D eigenvalue weighted by molar-refractivity contribution is 5.84. The average molecular weight is 256 g/mol. The molecule has 0 aromatic carbocycles. The summed E-state index contributed by atoms with van der Waals surface area (Å²) in [7, 11) is 1.70. The highest BCUT2D eigenvalue weighted by atomic mass is 16.5. The topological polar surface area (TPSA) is 41.6 Å². The van der Waals surface area contributed by atoms with E-state index >= 15 is 0 Å². The molecule has 0 saturated carbocycles. The second-order valence-corrected chi connectivity index (χ2v) is 5.60. The van der Waals surface area contributed by atoms with Gasteiger partial charge in [0.25, 0.3) is 0 Å². The highest BCUT2D eigenvalue weighted by Gasteiger charge is 2.41. The molecular weight excluding hydrogens is 228 g/mol. The van der Waals surface area contributed by atoms with Gasteiger partial charge >= 0.3 is 0 Å². The van der Waals surface area contributed by atoms with Crippen molar-refractivity contribution < 1.29 is 9.53 Å². The van der Waals surface area contributed by atoms with Gasteiger partial charge in [0, 0.05) is 20.3 Å². The van der Waals surface area contributed by atoms with Gasteiger partial charge in [0.1, 0.15) is 0 Å². The molecule has 4 nitrogen and oxygen atoms in total. The molecule has 3 atom stereocenters. The first-order chi connectivity index (χ1) is 8.52. The van der Waals surface area contributed by atoms with E-state index in [9.17, 15) is 4.79 Å². The van der Waals surface area contributed by atoms with Gasteiger partial charge in [-0.3, -0.25) is 10.1 Å². The first-order valence-corrected chi connectivity index (χ1v) is 7.08. The zero-order valence-electron chi connectivity index (χ0n) is 12.4. The molecule has 0 bridgehead atoms. The molecule has 1 aliphatic rings. The minimum Gasteiger partial charge on any atom is -0.385 e. The number of nitrogens with zero attached hydrogens (tertiary/aromatic N) is 1. The van der Waals surface area contributed by atoms with Gasteiger partial charge in [-0.25, -0.2) is 0 Å². The van der Waals surface area contributed by atoms with Gasteiger partial charge in [0.05, 0.1) is 12.2 Å². The van der Waals surface area contributed by atoms with Crippen molar-refractivity contribution >= 4 is 5.91 Å². The number of hydrogen-bond donors (Lipinski definition) is 1. The van der Waals surface area contributed by atoms with Gasteiger partial charge in [-0.1, -0.05) is 34.1 Å². The van der Waals surface area contributed by atoms with Gasteiger partial charge < -0.3 is 9.64 Å². The Labute approximate surface area is 111 Å². The lowest BCUT2D eigenvalue weighted by Gasteiger charge is -2.27. The van der Waals surface area contributed by atoms with Crippen LogP contribution in [0, 0.1) is 11.8 Å². The van der Waals surface area contributed by atoms with E-state index in [1.165, 1.54) is 0 Å². The molecule has 1 aliphatic heterocycles. The monoisotopic (exact) mass is 256 g/mol. The Bertz CT molecular complexity index is 269. The number of amides is 1. The third kappa shape index (κ3) is 3.45. The SMILES string of the molecule is CCC(C)C1NC(C(C)C)N(CCCOC)C1=O. The summed E-state index contributed by atoms with van der Waals surface area (Å²) in [5, 5.41) is 3.50. The molecule has 0 aliphatic carbocycles. The molecule has 106 valence electrons. The predicted octanol–water partition coefficient (Wildman–Crippen LogP) is 1.85. The van der Waals surface area contributed by atoms with Crippen LogP contribution in [-0.2, 0) is 9.53 Å². The number of hydrogen-bond acceptors (Lipinski definition) is 3. The molecule has 4 heteroatoms. The van der Waals surface area contributed by atoms with Crippen molar-refractivity contribution in [1.29, 1.82) is 0 Å². The van der Waals surface area contributed by atoms with Crippen LogP contribution in [0.3, 0.4) is 0 Å². The second-order valence-electron chi connectivity index (χ2n) is 5.60. The minimum absolute atomic E-state index is 0.00931. The zero-order valence-corrected chi connectivity index (χ0v) is 12.4. The summed E-state index contributed by atoms with van der Waals surface area (Å²) in [5.74, 6) is 1.09. The molecular formula is C14H28N2O2. The van der Waals surface area contributed by atoms with E-state index in [0.29, 0.717) is 18.4 Å². The number of rotatable bonds is 7. The fourth-order valence-corrected chi connectivity index (χ4v) is 2.49. The van der Waals surface area contributed by atoms with Crippen LogP contribution in [0.1, 0.15) is 40.5 Å². The van der Waals surface area contributed by atoms with Crippen molar-refractivity contribution in [3.8, 4) is 0 Å². The molecule has 1 N–H and O–H groups in total. The Hall–Kier alpha value is -0.610. The molecule has 0 radical (unpaired) electrons. The Morgan fingerprint density at radius 1 is 1.39 bits per heavy atom. The smallest absolute Gasteiger partial charge is 0.241 e. The van der Waals surface area contributed by atoms with E-state index in [2.05, 4.69) is 33.0 Å². The molecule has 18 heavy (non-hydrogen) atoms. The van der Waals surface area contributed by atoms with Gasteiger partial charge in [-0.15, -0.1) is 0 Å². The lowest BCUT2D eigenvalue weighted by Crippen LogP contribution is -2.42. The number of carbonyl (C=O) groups is 1. The molecule has 1 heterocycles. The van der Waals surface area contributed by atoms with Crippen LogP contribution >= 0.6 is 0 Å². The molecule has 0 aromatic rings. The van der Waals surface area contributed by atoms with E-state index in [1.807, 2.05) is 4.90 Å². The van der Waals surface area contributed by atoms with Gasteiger partial charge in [-0.2, -0.15) is 0 Å². The maximum atomic E-state index is 12.4. The maximum absolute atomic E-state index is 12.4. The van der Waals surface area contributed by atoms with E-state index < -0.39 is 0 Å². The Morgan fingerprint density at radius 3 is 2.56 bits per heavy atom. The summed E-state index contributed by atoms with van der Waals surface area (Å²) in [5.41, 5.74) is 0. The summed E-state index contributed by atoms with van der Waals surface area (Å²) in [6.07, 6.45) is 2.11. The van der Waals surface area contributed by atoms with Crippen molar-refractivity contribution in [3.05, 3.63) is 0 Å². The summed E-state index contributed by atoms with van der Waals surface area (Å²) >= 11 is 0. The molecule has 0 aromatic heterocycles. The normalized spacial score (nSPS) is 26.1. The number of carbonyl (C=O) groups excluding carboxylic acids is 1. The summed E-state index contributed by atoms with van der Waals surface area (Å²) < 4.78 is 5.07. The Balaban J connectivity index is 2.68. The van der Waals surface area contributed by atoms with Crippen molar-refractivity contribution in [2.45, 2.75) is 52.7 Å². The molecule has 1 saturated heterocycles. The fraction of sp³-hybridized carbons (Fsp3) is 0.929. The van der Waals surface area contributed by atoms with Crippen molar-refractivity contribution in [2.75, 3.05) is 20.3 Å². The van der Waals surface area contributed by atoms with Crippen LogP contribution < -0.4 is 5.32 Å². The van der Waals surface area contributed by atoms with E-state index in [1.54, 1.807) is 7.11 Å². The third-order valence-electron chi connectivity index (χ3n) is 3.83. The summed E-state index contributed by atoms with van der Waals surface area (Å²) in [4.78, 5) is 14.4. The quantitative estimate of drug-likeness (QED) is 0.707. The van der Waals surface area contributed by atoms with Crippen LogP contribution in [0.25, 0.3) is 0 Å². The van der Waals surface area contributed by atoms with Crippen LogP contribution in [0.2, 0.25) is 0 Å². The van der Waals surface area contributed by atoms with Crippen LogP contribution in [0.15, 0.2) is 0 Å². The molecule has 1 fully saturated rings. The van der Waals surface area contributed by atoms with Crippen LogP contribution in [0.5, 0.6) is 0 Å². The molecule has 1 rings (SSSR count). The minimum atomic E-state index is -0.00931. The highest BCUT2D eigenvalue weighted by Crippen LogP contribution is 2.23. The number of methoxy groups -OCH3 is 1. The zero-order chi connectivity index (χ0) is 13.7. The summed E-state index contributed by atoms with van der Waals surface area (Å²) in [6, 6.07) is -0.00931. The average Bonchev–Trinajstić information content (AvgIpc) is 2.67. The predicted molar refractivity (Wildman–Crippen MR) is 73.2 cm³/mol. The van der Waals surface area contributed by atoms with Crippen molar-refractivity contribution in [1.82, 2.24) is 10.2 Å². The third-order valence-corrected chi connectivity index (χ3v) is 3.83. The van der Waals surface area contributed by atoms with E-state index in [0.717, 1.165) is 19.4 Å². The number of ether oxygens (including phenoxy) is 1. The lowest BCUT2D eigenvalue weighted by molar-refractivity contribution is -0.131. The van der Waals surface area contributed by atoms with Crippen molar-refractivity contribution in [2.24, 2.45) is 11.8 Å². The Morgan fingerprint density at radius 2 is 2.06 bits per heavy atom. The van der Waals surface area contributed by atoms with Gasteiger partial charge in [0.15, 0.2) is 0 Å². The molecule has 0 spiro atoms. The number of nitrogens with one attached hydrogen (secondary N) is 1. The van der Waals surface area contributed by atoms with Crippen LogP contribution in [0.4, 0.5) is 0 Å². The summed E-state index contributed by atoms with van der Waals surface area (Å²) in [6.45, 7) is 10.1. The van der Waals surface area contributed by atoms with Crippen molar-refractivity contribution in [3.63, 3.8) is 0 Å². The standard InChI is InChI=1S/C14H28N2O2/c1-6-11(4)12-14(17)16(8-7-9-18-5)13(15-12)10(2)3/h10-13,15H,6-9H2,1-5H3. The fourth-order valence-electron chi connectivity index (χ4n) is 2.49. The van der Waals surface area contributed by atoms with E-state index in [-0.39, 0.29) is 18.1 Å². The molecule has 3 unspecified atom stereocenters. The first kappa shape index (κ1) is 15.4. The second kappa shape index (κ2) is 7.10. The van der Waals surface area contributed by atoms with Gasteiger partial charge in [0.2, 0.25) is 5.91 Å².